The lowest BCUT2D eigenvalue weighted by molar-refractivity contribution is -0.113. The van der Waals surface area contributed by atoms with Gasteiger partial charge in [0.15, 0.2) is 16.7 Å². The second kappa shape index (κ2) is 8.79. The lowest BCUT2D eigenvalue weighted by atomic mass is 10.2. The predicted molar refractivity (Wildman–Crippen MR) is 131 cm³/mol. The van der Waals surface area contributed by atoms with Gasteiger partial charge in [0.1, 0.15) is 5.82 Å². The van der Waals surface area contributed by atoms with Crippen LogP contribution in [-0.4, -0.2) is 37.6 Å². The van der Waals surface area contributed by atoms with Crippen LogP contribution < -0.4 is 14.8 Å². The van der Waals surface area contributed by atoms with Crippen LogP contribution in [-0.2, 0) is 11.3 Å². The van der Waals surface area contributed by atoms with Crippen LogP contribution in [0, 0.1) is 5.82 Å². The van der Waals surface area contributed by atoms with Crippen molar-refractivity contribution >= 4 is 51.8 Å². The van der Waals surface area contributed by atoms with Crippen molar-refractivity contribution in [3.8, 4) is 11.5 Å². The molecule has 0 fully saturated rings. The number of hydrogen-bond donors (Lipinski definition) is 1. The fourth-order valence-corrected chi connectivity index (χ4v) is 4.99. The molecule has 3 aromatic carbocycles. The van der Waals surface area contributed by atoms with Crippen molar-refractivity contribution in [2.75, 3.05) is 17.9 Å². The number of halogens is 2. The van der Waals surface area contributed by atoms with E-state index in [0.29, 0.717) is 38.7 Å². The summed E-state index contributed by atoms with van der Waals surface area (Å²) >= 11 is 7.53. The number of carbonyl (C=O) groups is 1. The second-order valence-electron chi connectivity index (χ2n) is 7.80. The molecular weight excluding hydrogens is 493 g/mol. The Kier molecular flexibility index (Phi) is 5.46. The lowest BCUT2D eigenvalue weighted by Gasteiger charge is -2.08. The van der Waals surface area contributed by atoms with Gasteiger partial charge < -0.3 is 19.4 Å². The number of thioether (sulfide) groups is 1. The molecular formula is C24H17ClFN5O3S. The molecule has 2 aromatic heterocycles. The van der Waals surface area contributed by atoms with E-state index in [1.165, 1.54) is 17.8 Å². The summed E-state index contributed by atoms with van der Waals surface area (Å²) in [5.41, 5.74) is 2.68. The summed E-state index contributed by atoms with van der Waals surface area (Å²) in [4.78, 5) is 12.6. The van der Waals surface area contributed by atoms with Crippen molar-refractivity contribution in [1.82, 2.24) is 19.2 Å². The summed E-state index contributed by atoms with van der Waals surface area (Å²) in [5, 5.41) is 12.4. The van der Waals surface area contributed by atoms with Crippen LogP contribution in [0.2, 0.25) is 5.02 Å². The Morgan fingerprint density at radius 3 is 2.74 bits per heavy atom. The maximum atomic E-state index is 14.5. The predicted octanol–water partition coefficient (Wildman–Crippen LogP) is 4.98. The molecule has 0 spiro atoms. The number of ether oxygens (including phenoxy) is 2. The topological polar surface area (TPSA) is 82.7 Å². The van der Waals surface area contributed by atoms with Gasteiger partial charge in [-0.2, -0.15) is 0 Å². The Morgan fingerprint density at radius 2 is 1.89 bits per heavy atom. The van der Waals surface area contributed by atoms with Crippen LogP contribution >= 0.6 is 23.4 Å². The van der Waals surface area contributed by atoms with Crippen LogP contribution in [0.3, 0.4) is 0 Å². The molecule has 0 saturated heterocycles. The molecule has 0 bridgehead atoms. The quantitative estimate of drug-likeness (QED) is 0.325. The largest absolute Gasteiger partial charge is 0.454 e. The first-order valence-corrected chi connectivity index (χ1v) is 12.0. The van der Waals surface area contributed by atoms with Gasteiger partial charge in [0.2, 0.25) is 18.5 Å². The zero-order chi connectivity index (χ0) is 23.9. The molecule has 0 atom stereocenters. The third-order valence-corrected chi connectivity index (χ3v) is 6.92. The van der Waals surface area contributed by atoms with Crippen LogP contribution in [0.1, 0.15) is 5.56 Å². The van der Waals surface area contributed by atoms with Gasteiger partial charge in [-0.3, -0.25) is 9.20 Å². The normalized spacial score (nSPS) is 12.5. The summed E-state index contributed by atoms with van der Waals surface area (Å²) in [6.45, 7) is 0.359. The van der Waals surface area contributed by atoms with Crippen molar-refractivity contribution in [2.45, 2.75) is 11.7 Å². The number of anilines is 1. The second-order valence-corrected chi connectivity index (χ2v) is 9.15. The molecule has 8 nitrogen and oxygen atoms in total. The van der Waals surface area contributed by atoms with E-state index in [1.807, 2.05) is 33.2 Å². The van der Waals surface area contributed by atoms with Gasteiger partial charge in [-0.25, -0.2) is 4.39 Å². The first kappa shape index (κ1) is 21.8. The molecule has 11 heteroatoms. The highest BCUT2D eigenvalue weighted by atomic mass is 35.5. The van der Waals surface area contributed by atoms with Gasteiger partial charge >= 0.3 is 0 Å². The van der Waals surface area contributed by atoms with Gasteiger partial charge in [-0.1, -0.05) is 41.6 Å². The number of benzene rings is 3. The maximum absolute atomic E-state index is 14.5. The van der Waals surface area contributed by atoms with E-state index in [2.05, 4.69) is 15.5 Å². The molecule has 1 aliphatic heterocycles. The molecule has 5 aromatic rings. The molecule has 35 heavy (non-hydrogen) atoms. The average Bonchev–Trinajstić information content (AvgIpc) is 3.56. The summed E-state index contributed by atoms with van der Waals surface area (Å²) in [6.07, 6.45) is 0. The summed E-state index contributed by atoms with van der Waals surface area (Å²) in [6, 6.07) is 17.5. The fraction of sp³-hybridized carbons (Fsp3) is 0.125. The molecule has 3 heterocycles. The Bertz CT molecular complexity index is 1580. The number of nitrogens with one attached hydrogen (secondary N) is 1. The molecule has 1 amide bonds. The number of imidazole rings is 1. The smallest absolute Gasteiger partial charge is 0.237 e. The van der Waals surface area contributed by atoms with Gasteiger partial charge in [-0.05, 0) is 36.4 Å². The van der Waals surface area contributed by atoms with Crippen molar-refractivity contribution in [2.24, 2.45) is 0 Å². The van der Waals surface area contributed by atoms with E-state index in [1.54, 1.807) is 30.3 Å². The highest BCUT2D eigenvalue weighted by Crippen LogP contribution is 2.34. The molecule has 0 unspecified atom stereocenters. The minimum absolute atomic E-state index is 0.119. The highest BCUT2D eigenvalue weighted by molar-refractivity contribution is 7.99. The number of carbonyl (C=O) groups excluding carboxylic acids is 1. The van der Waals surface area contributed by atoms with E-state index >= 15 is 0 Å². The molecule has 0 saturated carbocycles. The Labute approximate surface area is 207 Å². The van der Waals surface area contributed by atoms with Gasteiger partial charge in [0.05, 0.1) is 23.3 Å². The van der Waals surface area contributed by atoms with Crippen molar-refractivity contribution in [3.63, 3.8) is 0 Å². The van der Waals surface area contributed by atoms with Gasteiger partial charge in [0.25, 0.3) is 0 Å². The molecule has 1 N–H and O–H groups in total. The van der Waals surface area contributed by atoms with E-state index < -0.39 is 0 Å². The SMILES string of the molecule is O=C(CSc1nnc2n(Cc3c(F)cccc3Cl)c3ccccc3n12)Nc1ccc2c(c1)OCO2. The van der Waals surface area contributed by atoms with E-state index in [9.17, 15) is 9.18 Å². The van der Waals surface area contributed by atoms with Crippen LogP contribution in [0.15, 0.2) is 65.8 Å². The summed E-state index contributed by atoms with van der Waals surface area (Å²) < 4.78 is 28.9. The monoisotopic (exact) mass is 509 g/mol. The first-order valence-electron chi connectivity index (χ1n) is 10.7. The average molecular weight is 510 g/mol. The van der Waals surface area contributed by atoms with Crippen molar-refractivity contribution in [3.05, 3.63) is 77.1 Å². The van der Waals surface area contributed by atoms with Gasteiger partial charge in [-0.15, -0.1) is 10.2 Å². The number of aromatic nitrogens is 4. The van der Waals surface area contributed by atoms with Gasteiger partial charge in [0, 0.05) is 22.3 Å². The molecule has 1 aliphatic rings. The first-order chi connectivity index (χ1) is 17.1. The number of amides is 1. The number of fused-ring (bicyclic) bond motifs is 4. The van der Waals surface area contributed by atoms with Crippen molar-refractivity contribution in [1.29, 1.82) is 0 Å². The Morgan fingerprint density at radius 1 is 1.06 bits per heavy atom. The van der Waals surface area contributed by atoms with Crippen molar-refractivity contribution < 1.29 is 18.7 Å². The molecule has 0 aliphatic carbocycles. The van der Waals surface area contributed by atoms with E-state index in [0.717, 1.165) is 11.0 Å². The maximum Gasteiger partial charge on any atom is 0.237 e. The third kappa shape index (κ3) is 3.94. The molecule has 176 valence electrons. The van der Waals surface area contributed by atoms with E-state index in [4.69, 9.17) is 21.1 Å². The summed E-state index contributed by atoms with van der Waals surface area (Å²) in [5.74, 6) is 1.31. The highest BCUT2D eigenvalue weighted by Gasteiger charge is 2.20. The van der Waals surface area contributed by atoms with Crippen LogP contribution in [0.25, 0.3) is 16.8 Å². The fourth-order valence-electron chi connectivity index (χ4n) is 4.03. The number of nitrogens with zero attached hydrogens (tertiary/aromatic N) is 4. The summed E-state index contributed by atoms with van der Waals surface area (Å²) in [7, 11) is 0. The van der Waals surface area contributed by atoms with Crippen LogP contribution in [0.4, 0.5) is 10.1 Å². The van der Waals surface area contributed by atoms with Crippen LogP contribution in [0.5, 0.6) is 11.5 Å². The molecule has 0 radical (unpaired) electrons. The minimum atomic E-state index is -0.386. The van der Waals surface area contributed by atoms with E-state index in [-0.39, 0.29) is 30.8 Å². The zero-order valence-electron chi connectivity index (χ0n) is 18.1. The lowest BCUT2D eigenvalue weighted by Crippen LogP contribution is -2.14. The number of para-hydroxylation sites is 2. The standard InChI is InChI=1S/C24H17ClFN5O3S/c25-16-4-3-5-17(26)15(16)11-30-18-6-1-2-7-19(18)31-23(30)28-29-24(31)35-12-22(32)27-14-8-9-20-21(10-14)34-13-33-20/h1-10H,11-13H2,(H,27,32). The Balaban J connectivity index is 1.27. The number of rotatable bonds is 6. The number of hydrogen-bond acceptors (Lipinski definition) is 6. The molecule has 6 rings (SSSR count). The minimum Gasteiger partial charge on any atom is -0.454 e. The third-order valence-electron chi connectivity index (χ3n) is 5.64. The Hall–Kier alpha value is -3.76. The zero-order valence-corrected chi connectivity index (χ0v) is 19.6.